The maximum atomic E-state index is 14.0. The summed E-state index contributed by atoms with van der Waals surface area (Å²) in [4.78, 5) is 11.0. The first-order chi connectivity index (χ1) is 8.42. The molecule has 0 unspecified atom stereocenters. The SMILES string of the molecule is CC(C)(C)OC(=O)c1cc(Br)cc(S(N)(=O)=O)c1F. The van der Waals surface area contributed by atoms with Gasteiger partial charge in [0, 0.05) is 4.47 Å². The maximum Gasteiger partial charge on any atom is 0.341 e. The second kappa shape index (κ2) is 5.18. The standard InChI is InChI=1S/C11H13BrFNO4S/c1-11(2,3)18-10(15)7-4-6(12)5-8(9(7)13)19(14,16)17/h4-5H,1-3H3,(H2,14,16,17). The van der Waals surface area contributed by atoms with E-state index in [0.29, 0.717) is 0 Å². The quantitative estimate of drug-likeness (QED) is 0.825. The first kappa shape index (κ1) is 16.1. The van der Waals surface area contributed by atoms with Crippen LogP contribution in [0.15, 0.2) is 21.5 Å². The van der Waals surface area contributed by atoms with Gasteiger partial charge in [0.05, 0.1) is 5.56 Å². The second-order valence-corrected chi connectivity index (χ2v) is 7.26. The lowest BCUT2D eigenvalue weighted by Crippen LogP contribution is -2.25. The number of sulfonamides is 1. The summed E-state index contributed by atoms with van der Waals surface area (Å²) in [5.41, 5.74) is -1.32. The lowest BCUT2D eigenvalue weighted by atomic mass is 10.1. The van der Waals surface area contributed by atoms with Crippen LogP contribution in [0.25, 0.3) is 0 Å². The first-order valence-electron chi connectivity index (χ1n) is 5.17. The minimum atomic E-state index is -4.27. The summed E-state index contributed by atoms with van der Waals surface area (Å²) in [6, 6.07) is 2.12. The van der Waals surface area contributed by atoms with E-state index in [4.69, 9.17) is 9.88 Å². The number of ether oxygens (including phenoxy) is 1. The summed E-state index contributed by atoms with van der Waals surface area (Å²) in [5, 5.41) is 4.88. The lowest BCUT2D eigenvalue weighted by molar-refractivity contribution is 0.00640. The average molecular weight is 354 g/mol. The minimum Gasteiger partial charge on any atom is -0.456 e. The Balaban J connectivity index is 3.38. The van der Waals surface area contributed by atoms with Crippen molar-refractivity contribution >= 4 is 31.9 Å². The van der Waals surface area contributed by atoms with E-state index in [1.165, 1.54) is 0 Å². The number of benzene rings is 1. The van der Waals surface area contributed by atoms with E-state index in [1.807, 2.05) is 0 Å². The molecule has 0 heterocycles. The molecule has 19 heavy (non-hydrogen) atoms. The molecule has 0 fully saturated rings. The van der Waals surface area contributed by atoms with E-state index in [-0.39, 0.29) is 4.47 Å². The monoisotopic (exact) mass is 353 g/mol. The van der Waals surface area contributed by atoms with Crippen molar-refractivity contribution in [1.29, 1.82) is 0 Å². The van der Waals surface area contributed by atoms with Crippen LogP contribution in [-0.4, -0.2) is 20.0 Å². The van der Waals surface area contributed by atoms with Crippen molar-refractivity contribution in [3.8, 4) is 0 Å². The zero-order chi connectivity index (χ0) is 15.0. The molecule has 0 saturated heterocycles. The largest absolute Gasteiger partial charge is 0.456 e. The van der Waals surface area contributed by atoms with E-state index >= 15 is 0 Å². The molecule has 2 N–H and O–H groups in total. The van der Waals surface area contributed by atoms with Gasteiger partial charge in [0.15, 0.2) is 5.82 Å². The molecule has 0 atom stereocenters. The summed E-state index contributed by atoms with van der Waals surface area (Å²) in [6.07, 6.45) is 0. The molecule has 0 bridgehead atoms. The topological polar surface area (TPSA) is 86.5 Å². The molecule has 8 heteroatoms. The number of carbonyl (C=O) groups is 1. The van der Waals surface area contributed by atoms with Crippen LogP contribution >= 0.6 is 15.9 Å². The zero-order valence-electron chi connectivity index (χ0n) is 10.5. The normalized spacial score (nSPS) is 12.3. The lowest BCUT2D eigenvalue weighted by Gasteiger charge is -2.20. The van der Waals surface area contributed by atoms with Gasteiger partial charge in [0.1, 0.15) is 10.5 Å². The average Bonchev–Trinajstić information content (AvgIpc) is 2.16. The Morgan fingerprint density at radius 3 is 2.32 bits per heavy atom. The molecule has 0 saturated carbocycles. The fourth-order valence-corrected chi connectivity index (χ4v) is 2.51. The molecule has 1 aromatic rings. The van der Waals surface area contributed by atoms with Crippen LogP contribution in [0.2, 0.25) is 0 Å². The van der Waals surface area contributed by atoms with E-state index in [2.05, 4.69) is 15.9 Å². The van der Waals surface area contributed by atoms with Crippen LogP contribution in [0, 0.1) is 5.82 Å². The molecule has 0 amide bonds. The minimum absolute atomic E-state index is 0.207. The fourth-order valence-electron chi connectivity index (χ4n) is 1.25. The van der Waals surface area contributed by atoms with Gasteiger partial charge in [0.2, 0.25) is 10.0 Å². The number of rotatable bonds is 2. The number of hydrogen-bond acceptors (Lipinski definition) is 4. The van der Waals surface area contributed by atoms with Crippen molar-refractivity contribution in [2.24, 2.45) is 5.14 Å². The fraction of sp³-hybridized carbons (Fsp3) is 0.364. The third kappa shape index (κ3) is 4.26. The molecule has 106 valence electrons. The summed E-state index contributed by atoms with van der Waals surface area (Å²) in [6.45, 7) is 4.84. The van der Waals surface area contributed by atoms with Crippen LogP contribution in [0.5, 0.6) is 0 Å². The highest BCUT2D eigenvalue weighted by Gasteiger charge is 2.26. The van der Waals surface area contributed by atoms with Gasteiger partial charge >= 0.3 is 5.97 Å². The van der Waals surface area contributed by atoms with Crippen LogP contribution in [0.4, 0.5) is 4.39 Å². The molecule has 1 rings (SSSR count). The van der Waals surface area contributed by atoms with Crippen molar-refractivity contribution in [3.63, 3.8) is 0 Å². The Kier molecular flexibility index (Phi) is 4.38. The van der Waals surface area contributed by atoms with Gasteiger partial charge in [-0.2, -0.15) is 0 Å². The van der Waals surface area contributed by atoms with Crippen LogP contribution < -0.4 is 5.14 Å². The Morgan fingerprint density at radius 1 is 1.37 bits per heavy atom. The molecule has 0 radical (unpaired) electrons. The van der Waals surface area contributed by atoms with Crippen LogP contribution in [0.3, 0.4) is 0 Å². The van der Waals surface area contributed by atoms with Crippen LogP contribution in [0.1, 0.15) is 31.1 Å². The maximum absolute atomic E-state index is 14.0. The molecule has 0 aliphatic heterocycles. The Labute approximate surface area is 119 Å². The molecular formula is C11H13BrFNO4S. The summed E-state index contributed by atoms with van der Waals surface area (Å²) >= 11 is 2.99. The molecular weight excluding hydrogens is 341 g/mol. The summed E-state index contributed by atoms with van der Waals surface area (Å²) < 4.78 is 41.7. The van der Waals surface area contributed by atoms with Crippen LogP contribution in [-0.2, 0) is 14.8 Å². The Hall–Kier alpha value is -0.990. The Bertz CT molecular complexity index is 622. The molecule has 1 aromatic carbocycles. The van der Waals surface area contributed by atoms with Gasteiger partial charge < -0.3 is 4.74 Å². The highest BCUT2D eigenvalue weighted by Crippen LogP contribution is 2.25. The van der Waals surface area contributed by atoms with E-state index in [9.17, 15) is 17.6 Å². The molecule has 0 aliphatic rings. The molecule has 0 spiro atoms. The van der Waals surface area contributed by atoms with Gasteiger partial charge in [-0.15, -0.1) is 0 Å². The third-order valence-corrected chi connectivity index (χ3v) is 3.30. The number of esters is 1. The smallest absolute Gasteiger partial charge is 0.341 e. The van der Waals surface area contributed by atoms with Crippen molar-refractivity contribution in [1.82, 2.24) is 0 Å². The third-order valence-electron chi connectivity index (χ3n) is 1.93. The summed E-state index contributed by atoms with van der Waals surface area (Å²) in [7, 11) is -4.27. The van der Waals surface area contributed by atoms with Crippen molar-refractivity contribution in [2.45, 2.75) is 31.3 Å². The zero-order valence-corrected chi connectivity index (χ0v) is 12.9. The highest BCUT2D eigenvalue weighted by atomic mass is 79.9. The van der Waals surface area contributed by atoms with Gasteiger partial charge in [-0.05, 0) is 32.9 Å². The van der Waals surface area contributed by atoms with E-state index in [1.54, 1.807) is 20.8 Å². The van der Waals surface area contributed by atoms with E-state index < -0.39 is 37.9 Å². The predicted molar refractivity (Wildman–Crippen MR) is 70.6 cm³/mol. The number of hydrogen-bond donors (Lipinski definition) is 1. The van der Waals surface area contributed by atoms with Crippen molar-refractivity contribution < 1.29 is 22.3 Å². The number of carbonyl (C=O) groups excluding carboxylic acids is 1. The molecule has 0 aliphatic carbocycles. The Morgan fingerprint density at radius 2 is 1.89 bits per heavy atom. The first-order valence-corrected chi connectivity index (χ1v) is 7.51. The number of halogens is 2. The number of primary sulfonamides is 1. The predicted octanol–water partition coefficient (Wildman–Crippen LogP) is 2.19. The number of nitrogens with two attached hydrogens (primary N) is 1. The van der Waals surface area contributed by atoms with Crippen molar-refractivity contribution in [3.05, 3.63) is 28.0 Å². The second-order valence-electron chi connectivity index (χ2n) is 4.81. The van der Waals surface area contributed by atoms with E-state index in [0.717, 1.165) is 12.1 Å². The van der Waals surface area contributed by atoms with Crippen molar-refractivity contribution in [2.75, 3.05) is 0 Å². The molecule has 5 nitrogen and oxygen atoms in total. The highest BCUT2D eigenvalue weighted by molar-refractivity contribution is 9.10. The summed E-state index contributed by atoms with van der Waals surface area (Å²) in [5.74, 6) is -2.18. The van der Waals surface area contributed by atoms with Gasteiger partial charge in [-0.25, -0.2) is 22.7 Å². The van der Waals surface area contributed by atoms with Gasteiger partial charge in [-0.3, -0.25) is 0 Å². The van der Waals surface area contributed by atoms with Gasteiger partial charge in [0.25, 0.3) is 0 Å². The molecule has 0 aromatic heterocycles. The van der Waals surface area contributed by atoms with Gasteiger partial charge in [-0.1, -0.05) is 15.9 Å².